The highest BCUT2D eigenvalue weighted by Crippen LogP contribution is 2.29. The lowest BCUT2D eigenvalue weighted by atomic mass is 9.80. The van der Waals surface area contributed by atoms with E-state index in [0.29, 0.717) is 11.8 Å². The van der Waals surface area contributed by atoms with E-state index in [-0.39, 0.29) is 0 Å². The van der Waals surface area contributed by atoms with Gasteiger partial charge in [-0.05, 0) is 25.7 Å². The van der Waals surface area contributed by atoms with E-state index in [1.54, 1.807) is 0 Å². The number of Topliss-reactive ketones (excluding diaryl/α,β-unsaturated/α-hetero) is 1. The number of carbonyl (C=O) groups is 1. The number of hydrogen-bond donors (Lipinski definition) is 0. The Balaban J connectivity index is 4.98. The van der Waals surface area contributed by atoms with Gasteiger partial charge in [-0.1, -0.05) is 400 Å². The second-order valence-electron chi connectivity index (χ2n) is 24.0. The maximum absolute atomic E-state index is 14.7. The maximum Gasteiger partial charge on any atom is 0.139 e. The minimum Gasteiger partial charge on any atom is -0.299 e. The Kier molecular flexibility index (Phi) is 62.7. The lowest BCUT2D eigenvalue weighted by Crippen LogP contribution is -2.24. The number of unbranched alkanes of at least 4 members (excludes halogenated alkanes) is 54. The van der Waals surface area contributed by atoms with Crippen molar-refractivity contribution in [3.63, 3.8) is 0 Å². The summed E-state index contributed by atoms with van der Waals surface area (Å²) >= 11 is 0. The van der Waals surface area contributed by atoms with Crippen LogP contribution >= 0.6 is 0 Å². The monoisotopic (exact) mass is 983 g/mol. The molecule has 1 nitrogen and oxygen atoms in total. The third kappa shape index (κ3) is 55.4. The number of rotatable bonds is 64. The first kappa shape index (κ1) is 69.7. The predicted molar refractivity (Wildman–Crippen MR) is 321 cm³/mol. The Labute approximate surface area is 446 Å². The average Bonchev–Trinajstić information content (AvgIpc) is 3.37. The van der Waals surface area contributed by atoms with E-state index in [0.717, 1.165) is 5.78 Å². The lowest BCUT2D eigenvalue weighted by Gasteiger charge is -2.23. The van der Waals surface area contributed by atoms with Crippen LogP contribution in [0.2, 0.25) is 0 Å². The van der Waals surface area contributed by atoms with Crippen molar-refractivity contribution < 1.29 is 4.79 Å². The van der Waals surface area contributed by atoms with E-state index in [2.05, 4.69) is 27.7 Å². The van der Waals surface area contributed by atoms with Crippen LogP contribution in [-0.2, 0) is 4.79 Å². The molecule has 0 rings (SSSR count). The number of hydrogen-bond acceptors (Lipinski definition) is 1. The van der Waals surface area contributed by atoms with Gasteiger partial charge < -0.3 is 0 Å². The molecule has 0 aromatic rings. The largest absolute Gasteiger partial charge is 0.299 e. The van der Waals surface area contributed by atoms with Gasteiger partial charge in [0.05, 0.1) is 0 Å². The molecule has 0 fully saturated rings. The molecule has 1 heteroatoms. The molecule has 2 unspecified atom stereocenters. The standard InChI is InChI=1S/C69H138O/c1-5-9-13-17-21-25-29-33-37-41-45-49-53-57-61-65-67(63-59-55-51-47-43-39-35-31-27-23-19-15-11-7-3)69(70)68(64-60-56-52-48-44-40-36-32-28-24-20-16-12-8-4)66-62-58-54-50-46-42-38-34-30-26-22-18-14-10-6-2/h67-68H,5-66H2,1-4H3. The molecular formula is C69H138O. The Bertz CT molecular complexity index is 851. The SMILES string of the molecule is CCCCCCCCCCCCCCCCCC(CCCCCCCCCCCCCCCC)C(=O)C(CCCCCCCCCCCCCCCC)CCCCCCCCCCCCCCCCC. The van der Waals surface area contributed by atoms with E-state index in [4.69, 9.17) is 0 Å². The lowest BCUT2D eigenvalue weighted by molar-refractivity contribution is -0.128. The van der Waals surface area contributed by atoms with Crippen LogP contribution in [0, 0.1) is 11.8 Å². The molecular weight excluding hydrogens is 845 g/mol. The first-order chi connectivity index (χ1) is 34.7. The molecule has 0 bridgehead atoms. The fourth-order valence-electron chi connectivity index (χ4n) is 11.9. The Morgan fingerprint density at radius 3 is 0.386 bits per heavy atom. The van der Waals surface area contributed by atoms with Crippen molar-refractivity contribution in [2.45, 2.75) is 426 Å². The number of ketones is 1. The van der Waals surface area contributed by atoms with Crippen LogP contribution < -0.4 is 0 Å². The highest BCUT2D eigenvalue weighted by Gasteiger charge is 2.26. The summed E-state index contributed by atoms with van der Waals surface area (Å²) in [5, 5.41) is 0. The predicted octanol–water partition coefficient (Wildman–Crippen LogP) is 26.1. The van der Waals surface area contributed by atoms with E-state index in [1.165, 1.54) is 398 Å². The van der Waals surface area contributed by atoms with Crippen molar-refractivity contribution in [3.8, 4) is 0 Å². The van der Waals surface area contributed by atoms with Gasteiger partial charge in [0.15, 0.2) is 0 Å². The molecule has 0 saturated carbocycles. The minimum absolute atomic E-state index is 0.340. The number of carbonyl (C=O) groups excluding carboxylic acids is 1. The molecule has 0 aliphatic rings. The van der Waals surface area contributed by atoms with Gasteiger partial charge in [0.2, 0.25) is 0 Å². The normalized spacial score (nSPS) is 12.6. The van der Waals surface area contributed by atoms with Crippen LogP contribution in [0.5, 0.6) is 0 Å². The zero-order valence-electron chi connectivity index (χ0n) is 49.9. The van der Waals surface area contributed by atoms with Crippen molar-refractivity contribution in [1.29, 1.82) is 0 Å². The van der Waals surface area contributed by atoms with Crippen LogP contribution in [0.15, 0.2) is 0 Å². The van der Waals surface area contributed by atoms with Crippen molar-refractivity contribution in [2.24, 2.45) is 11.8 Å². The first-order valence-electron chi connectivity index (χ1n) is 34.2. The van der Waals surface area contributed by atoms with Gasteiger partial charge in [0.25, 0.3) is 0 Å². The smallest absolute Gasteiger partial charge is 0.139 e. The van der Waals surface area contributed by atoms with Crippen LogP contribution in [0.3, 0.4) is 0 Å². The van der Waals surface area contributed by atoms with Gasteiger partial charge in [-0.25, -0.2) is 0 Å². The van der Waals surface area contributed by atoms with Gasteiger partial charge in [0.1, 0.15) is 5.78 Å². The van der Waals surface area contributed by atoms with Crippen LogP contribution in [0.25, 0.3) is 0 Å². The van der Waals surface area contributed by atoms with Gasteiger partial charge in [-0.3, -0.25) is 4.79 Å². The first-order valence-corrected chi connectivity index (χ1v) is 34.2. The van der Waals surface area contributed by atoms with E-state index in [1.807, 2.05) is 0 Å². The van der Waals surface area contributed by atoms with Gasteiger partial charge in [0, 0.05) is 11.8 Å². The summed E-state index contributed by atoms with van der Waals surface area (Å²) in [6.45, 7) is 9.28. The van der Waals surface area contributed by atoms with Crippen molar-refractivity contribution in [1.82, 2.24) is 0 Å². The molecule has 0 aromatic heterocycles. The van der Waals surface area contributed by atoms with Gasteiger partial charge in [-0.15, -0.1) is 0 Å². The molecule has 0 saturated heterocycles. The third-order valence-corrected chi connectivity index (χ3v) is 16.9. The topological polar surface area (TPSA) is 17.1 Å². The minimum atomic E-state index is 0.340. The fourth-order valence-corrected chi connectivity index (χ4v) is 11.9. The molecule has 0 aliphatic heterocycles. The van der Waals surface area contributed by atoms with E-state index < -0.39 is 0 Å². The summed E-state index contributed by atoms with van der Waals surface area (Å²) < 4.78 is 0. The van der Waals surface area contributed by atoms with Crippen LogP contribution in [0.4, 0.5) is 0 Å². The van der Waals surface area contributed by atoms with E-state index >= 15 is 0 Å². The second kappa shape index (κ2) is 63.0. The molecule has 0 aliphatic carbocycles. The van der Waals surface area contributed by atoms with Crippen molar-refractivity contribution in [3.05, 3.63) is 0 Å². The highest BCUT2D eigenvalue weighted by atomic mass is 16.1. The van der Waals surface area contributed by atoms with Gasteiger partial charge in [-0.2, -0.15) is 0 Å². The van der Waals surface area contributed by atoms with Crippen LogP contribution in [-0.4, -0.2) is 5.78 Å². The average molecular weight is 984 g/mol. The molecule has 0 heterocycles. The zero-order chi connectivity index (χ0) is 50.6. The molecule has 0 N–H and O–H groups in total. The molecule has 420 valence electrons. The third-order valence-electron chi connectivity index (χ3n) is 16.9. The Morgan fingerprint density at radius 2 is 0.271 bits per heavy atom. The molecule has 0 radical (unpaired) electrons. The Morgan fingerprint density at radius 1 is 0.171 bits per heavy atom. The zero-order valence-corrected chi connectivity index (χ0v) is 49.9. The quantitative estimate of drug-likeness (QED) is 0.0555. The Hall–Kier alpha value is -0.330. The summed E-state index contributed by atoms with van der Waals surface area (Å²) in [5.41, 5.74) is 0. The van der Waals surface area contributed by atoms with Crippen LogP contribution in [0.1, 0.15) is 426 Å². The summed E-state index contributed by atoms with van der Waals surface area (Å²) in [6.07, 6.45) is 86.9. The summed E-state index contributed by atoms with van der Waals surface area (Å²) in [7, 11) is 0. The molecule has 0 amide bonds. The second-order valence-corrected chi connectivity index (χ2v) is 24.0. The molecule has 70 heavy (non-hydrogen) atoms. The maximum atomic E-state index is 14.7. The summed E-state index contributed by atoms with van der Waals surface area (Å²) in [6, 6.07) is 0. The summed E-state index contributed by atoms with van der Waals surface area (Å²) in [4.78, 5) is 14.7. The molecule has 2 atom stereocenters. The highest BCUT2D eigenvalue weighted by molar-refractivity contribution is 5.83. The van der Waals surface area contributed by atoms with E-state index in [9.17, 15) is 4.79 Å². The molecule has 0 aromatic carbocycles. The molecule has 0 spiro atoms. The van der Waals surface area contributed by atoms with Crippen molar-refractivity contribution in [2.75, 3.05) is 0 Å². The fraction of sp³-hybridized carbons (Fsp3) is 0.986. The summed E-state index contributed by atoms with van der Waals surface area (Å²) in [5.74, 6) is 1.40. The van der Waals surface area contributed by atoms with Gasteiger partial charge >= 0.3 is 0 Å². The van der Waals surface area contributed by atoms with Crippen molar-refractivity contribution >= 4 is 5.78 Å².